The average Bonchev–Trinajstić information content (AvgIpc) is 3.37. The van der Waals surface area contributed by atoms with E-state index in [4.69, 9.17) is 9.47 Å². The van der Waals surface area contributed by atoms with Gasteiger partial charge in [-0.1, -0.05) is 35.9 Å². The van der Waals surface area contributed by atoms with Crippen molar-refractivity contribution in [3.05, 3.63) is 82.8 Å². The molecule has 1 saturated heterocycles. The molecule has 1 aromatic heterocycles. The maximum atomic E-state index is 12.8. The van der Waals surface area contributed by atoms with Crippen molar-refractivity contribution in [2.75, 3.05) is 18.5 Å². The van der Waals surface area contributed by atoms with Gasteiger partial charge in [-0.3, -0.25) is 4.79 Å². The van der Waals surface area contributed by atoms with E-state index in [-0.39, 0.29) is 5.91 Å². The molecule has 30 heavy (non-hydrogen) atoms. The molecular formula is C24H25N3O3. The number of nitrogens with zero attached hydrogens (tertiary/aromatic N) is 2. The number of carbonyl (C=O) groups is 1. The molecule has 0 saturated carbocycles. The topological polar surface area (TPSA) is 65.4 Å². The van der Waals surface area contributed by atoms with Crippen LogP contribution >= 0.6 is 0 Å². The van der Waals surface area contributed by atoms with Crippen molar-refractivity contribution >= 4 is 11.7 Å². The maximum absolute atomic E-state index is 12.8. The Morgan fingerprint density at radius 3 is 2.87 bits per heavy atom. The van der Waals surface area contributed by atoms with Gasteiger partial charge in [0.05, 0.1) is 19.5 Å². The first-order valence-electron chi connectivity index (χ1n) is 10.4. The zero-order valence-corrected chi connectivity index (χ0v) is 17.1. The Morgan fingerprint density at radius 1 is 1.17 bits per heavy atom. The summed E-state index contributed by atoms with van der Waals surface area (Å²) in [5.41, 5.74) is 5.46. The fraction of sp³-hybridized carbons (Fsp3) is 0.333. The second kappa shape index (κ2) is 7.70. The molecule has 154 valence electrons. The normalized spacial score (nSPS) is 17.1. The van der Waals surface area contributed by atoms with Crippen LogP contribution in [0.4, 0.5) is 5.82 Å². The molecule has 0 bridgehead atoms. The average molecular weight is 403 g/mol. The number of hydrogen-bond acceptors (Lipinski definition) is 4. The lowest BCUT2D eigenvalue weighted by atomic mass is 9.86. The molecule has 6 nitrogen and oxygen atoms in total. The molecule has 0 unspecified atom stereocenters. The monoisotopic (exact) mass is 403 g/mol. The second-order valence-electron chi connectivity index (χ2n) is 8.14. The van der Waals surface area contributed by atoms with Crippen molar-refractivity contribution in [2.24, 2.45) is 0 Å². The summed E-state index contributed by atoms with van der Waals surface area (Å²) in [6, 6.07) is 14.2. The molecule has 1 amide bonds. The third-order valence-electron chi connectivity index (χ3n) is 5.84. The van der Waals surface area contributed by atoms with E-state index in [1.54, 1.807) is 6.33 Å². The van der Waals surface area contributed by atoms with Gasteiger partial charge in [0.15, 0.2) is 11.6 Å². The van der Waals surface area contributed by atoms with Gasteiger partial charge in [-0.25, -0.2) is 4.98 Å². The number of aromatic nitrogens is 2. The van der Waals surface area contributed by atoms with Crippen LogP contribution in [0.3, 0.4) is 0 Å². The van der Waals surface area contributed by atoms with Crippen molar-refractivity contribution in [1.29, 1.82) is 0 Å². The van der Waals surface area contributed by atoms with Crippen molar-refractivity contribution in [3.63, 3.8) is 0 Å². The Morgan fingerprint density at radius 2 is 2.03 bits per heavy atom. The van der Waals surface area contributed by atoms with E-state index in [0.29, 0.717) is 24.6 Å². The highest BCUT2D eigenvalue weighted by molar-refractivity contribution is 6.03. The molecule has 1 fully saturated rings. The van der Waals surface area contributed by atoms with Crippen LogP contribution in [0.25, 0.3) is 0 Å². The molecule has 1 N–H and O–H groups in total. The van der Waals surface area contributed by atoms with Gasteiger partial charge in [0.1, 0.15) is 0 Å². The van der Waals surface area contributed by atoms with Crippen molar-refractivity contribution < 1.29 is 14.3 Å². The van der Waals surface area contributed by atoms with Gasteiger partial charge in [0.2, 0.25) is 0 Å². The quantitative estimate of drug-likeness (QED) is 0.721. The minimum absolute atomic E-state index is 0.146. The Bertz CT molecular complexity index is 1080. The molecule has 6 heteroatoms. The number of fused-ring (bicyclic) bond motifs is 1. The zero-order valence-electron chi connectivity index (χ0n) is 17.1. The largest absolute Gasteiger partial charge is 0.347 e. The first kappa shape index (κ1) is 19.0. The minimum Gasteiger partial charge on any atom is -0.347 e. The fourth-order valence-corrected chi connectivity index (χ4v) is 4.34. The molecule has 1 aliphatic heterocycles. The van der Waals surface area contributed by atoms with Gasteiger partial charge in [0.25, 0.3) is 5.91 Å². The molecule has 1 aliphatic carbocycles. The van der Waals surface area contributed by atoms with Crippen LogP contribution in [0.2, 0.25) is 0 Å². The summed E-state index contributed by atoms with van der Waals surface area (Å²) >= 11 is 0. The molecule has 1 spiro atoms. The number of hydrogen-bond donors (Lipinski definition) is 1. The lowest BCUT2D eigenvalue weighted by molar-refractivity contribution is -0.163. The van der Waals surface area contributed by atoms with E-state index in [0.717, 1.165) is 25.8 Å². The number of anilines is 1. The van der Waals surface area contributed by atoms with Gasteiger partial charge >= 0.3 is 0 Å². The third kappa shape index (κ3) is 3.88. The number of benzene rings is 2. The number of amides is 1. The summed E-state index contributed by atoms with van der Waals surface area (Å²) in [5.74, 6) is -0.0506. The summed E-state index contributed by atoms with van der Waals surface area (Å²) in [6.07, 6.45) is 6.02. The van der Waals surface area contributed by atoms with E-state index in [1.165, 1.54) is 22.3 Å². The second-order valence-corrected chi connectivity index (χ2v) is 8.14. The van der Waals surface area contributed by atoms with E-state index < -0.39 is 5.79 Å². The van der Waals surface area contributed by atoms with Gasteiger partial charge in [0, 0.05) is 31.1 Å². The molecule has 3 aromatic rings. The molecule has 5 rings (SSSR count). The number of carbonyl (C=O) groups excluding carboxylic acids is 1. The molecule has 0 atom stereocenters. The van der Waals surface area contributed by atoms with E-state index in [9.17, 15) is 4.79 Å². The van der Waals surface area contributed by atoms with Gasteiger partial charge in [-0.05, 0) is 42.2 Å². The first-order valence-corrected chi connectivity index (χ1v) is 10.4. The van der Waals surface area contributed by atoms with Crippen LogP contribution in [0.5, 0.6) is 0 Å². The van der Waals surface area contributed by atoms with Crippen LogP contribution in [-0.4, -0.2) is 34.5 Å². The number of imidazole rings is 1. The Labute approximate surface area is 175 Å². The van der Waals surface area contributed by atoms with Crippen molar-refractivity contribution in [2.45, 2.75) is 38.5 Å². The van der Waals surface area contributed by atoms with E-state index >= 15 is 0 Å². The highest BCUT2D eigenvalue weighted by Gasteiger charge is 2.39. The lowest BCUT2D eigenvalue weighted by Crippen LogP contribution is -2.37. The highest BCUT2D eigenvalue weighted by atomic mass is 16.7. The first-order chi connectivity index (χ1) is 14.6. The molecule has 2 heterocycles. The number of nitrogens with one attached hydrogen (secondary N) is 1. The van der Waals surface area contributed by atoms with Gasteiger partial charge < -0.3 is 19.4 Å². The van der Waals surface area contributed by atoms with E-state index in [2.05, 4.69) is 35.4 Å². The molecule has 0 radical (unpaired) electrons. The predicted molar refractivity (Wildman–Crippen MR) is 114 cm³/mol. The Hall–Kier alpha value is -2.96. The number of rotatable bonds is 4. The van der Waals surface area contributed by atoms with Crippen molar-refractivity contribution in [1.82, 2.24) is 9.55 Å². The van der Waals surface area contributed by atoms with Crippen LogP contribution in [-0.2, 0) is 28.9 Å². The zero-order chi connectivity index (χ0) is 20.6. The maximum Gasteiger partial charge on any atom is 0.256 e. The third-order valence-corrected chi connectivity index (χ3v) is 5.84. The fourth-order valence-electron chi connectivity index (χ4n) is 4.34. The molecular weight excluding hydrogens is 378 g/mol. The van der Waals surface area contributed by atoms with E-state index in [1.807, 2.05) is 35.0 Å². The van der Waals surface area contributed by atoms with Crippen LogP contribution in [0.1, 0.15) is 39.0 Å². The Balaban J connectivity index is 1.25. The van der Waals surface area contributed by atoms with Gasteiger partial charge in [-0.15, -0.1) is 0 Å². The highest BCUT2D eigenvalue weighted by Crippen LogP contribution is 2.35. The lowest BCUT2D eigenvalue weighted by Gasteiger charge is -2.32. The summed E-state index contributed by atoms with van der Waals surface area (Å²) in [5, 5.41) is 2.91. The summed E-state index contributed by atoms with van der Waals surface area (Å²) in [6.45, 7) is 4.11. The SMILES string of the molecule is Cc1cccc(Cn2cnc(NC(=O)c3ccc4c(c3)CCC3(C4)OCCO3)c2)c1. The van der Waals surface area contributed by atoms with Crippen LogP contribution in [0.15, 0.2) is 55.0 Å². The molecule has 2 aliphatic rings. The standard InChI is InChI=1S/C24H25N3O3/c1-17-3-2-4-18(11-17)14-27-15-22(25-16-27)26-23(28)20-5-6-21-13-24(29-9-10-30-24)8-7-19(21)12-20/h2-6,11-12,15-16H,7-10,13-14H2,1H3,(H,26,28). The van der Waals surface area contributed by atoms with Gasteiger partial charge in [-0.2, -0.15) is 0 Å². The summed E-state index contributed by atoms with van der Waals surface area (Å²) in [7, 11) is 0. The van der Waals surface area contributed by atoms with Crippen LogP contribution in [0, 0.1) is 6.92 Å². The minimum atomic E-state index is -0.457. The molecule has 2 aromatic carbocycles. The number of aryl methyl sites for hydroxylation is 2. The van der Waals surface area contributed by atoms with Crippen molar-refractivity contribution in [3.8, 4) is 0 Å². The Kier molecular flexibility index (Phi) is 4.89. The summed E-state index contributed by atoms with van der Waals surface area (Å²) in [4.78, 5) is 17.1. The van der Waals surface area contributed by atoms with Crippen LogP contribution < -0.4 is 5.32 Å². The predicted octanol–water partition coefficient (Wildman–Crippen LogP) is 3.72. The summed E-state index contributed by atoms with van der Waals surface area (Å²) < 4.78 is 13.6. The smallest absolute Gasteiger partial charge is 0.256 e. The number of ether oxygens (including phenoxy) is 2.